The molecule has 0 bridgehead atoms. The zero-order chi connectivity index (χ0) is 22.9. The lowest BCUT2D eigenvalue weighted by Gasteiger charge is -2.14. The third-order valence-corrected chi connectivity index (χ3v) is 5.12. The van der Waals surface area contributed by atoms with E-state index in [1.807, 2.05) is 6.07 Å². The van der Waals surface area contributed by atoms with Crippen molar-refractivity contribution in [3.63, 3.8) is 0 Å². The van der Waals surface area contributed by atoms with Gasteiger partial charge in [-0.2, -0.15) is 0 Å². The van der Waals surface area contributed by atoms with E-state index in [1.54, 1.807) is 36.7 Å². The summed E-state index contributed by atoms with van der Waals surface area (Å²) in [4.78, 5) is 23.2. The van der Waals surface area contributed by atoms with E-state index in [4.69, 9.17) is 0 Å². The van der Waals surface area contributed by atoms with Crippen molar-refractivity contribution in [3.05, 3.63) is 77.9 Å². The normalized spacial score (nSPS) is 13.1. The van der Waals surface area contributed by atoms with E-state index in [2.05, 4.69) is 42.7 Å². The Hall–Kier alpha value is -3.96. The van der Waals surface area contributed by atoms with Crippen LogP contribution >= 0.6 is 0 Å². The number of likely N-dealkylation sites (tertiary alicyclic amines) is 1. The summed E-state index contributed by atoms with van der Waals surface area (Å²) in [5, 5.41) is 8.55. The fraction of sp³-hybridized carbons (Fsp3) is 0.240. The van der Waals surface area contributed by atoms with Gasteiger partial charge in [0.05, 0.1) is 5.56 Å². The fourth-order valence-electron chi connectivity index (χ4n) is 3.49. The summed E-state index contributed by atoms with van der Waals surface area (Å²) in [7, 11) is 0. The molecule has 0 saturated carbocycles. The number of hydrogen-bond donors (Lipinski definition) is 3. The van der Waals surface area contributed by atoms with Crippen molar-refractivity contribution in [1.82, 2.24) is 14.9 Å². The predicted molar refractivity (Wildman–Crippen MR) is 128 cm³/mol. The van der Waals surface area contributed by atoms with Crippen LogP contribution in [0.4, 0.5) is 26.5 Å². The molecule has 1 aliphatic rings. The summed E-state index contributed by atoms with van der Waals surface area (Å²) >= 11 is 0. The van der Waals surface area contributed by atoms with Gasteiger partial charge >= 0.3 is 6.03 Å². The molecular weight excluding hydrogens is 419 g/mol. The largest absolute Gasteiger partial charge is 0.353 e. The highest BCUT2D eigenvalue weighted by molar-refractivity contribution is 5.99. The molecule has 8 heteroatoms. The average Bonchev–Trinajstić information content (AvgIpc) is 3.32. The molecule has 1 saturated heterocycles. The quantitative estimate of drug-likeness (QED) is 0.497. The first-order valence-electron chi connectivity index (χ1n) is 10.9. The van der Waals surface area contributed by atoms with Crippen LogP contribution in [0.5, 0.6) is 0 Å². The average molecular weight is 445 g/mol. The van der Waals surface area contributed by atoms with Crippen molar-refractivity contribution in [2.45, 2.75) is 12.8 Å². The number of hydrogen-bond acceptors (Lipinski definition) is 5. The van der Waals surface area contributed by atoms with E-state index in [-0.39, 0.29) is 0 Å². The summed E-state index contributed by atoms with van der Waals surface area (Å²) in [5.41, 5.74) is 2.37. The first-order valence-corrected chi connectivity index (χ1v) is 10.9. The zero-order valence-corrected chi connectivity index (χ0v) is 18.1. The molecular formula is C25H25FN6O. The van der Waals surface area contributed by atoms with E-state index in [9.17, 15) is 9.18 Å². The van der Waals surface area contributed by atoms with Crippen LogP contribution in [-0.2, 0) is 0 Å². The summed E-state index contributed by atoms with van der Waals surface area (Å²) in [5.74, 6) is 6.26. The Balaban J connectivity index is 1.30. The second kappa shape index (κ2) is 11.1. The minimum atomic E-state index is -0.466. The van der Waals surface area contributed by atoms with E-state index >= 15 is 0 Å². The minimum Gasteiger partial charge on any atom is -0.353 e. The van der Waals surface area contributed by atoms with Crippen molar-refractivity contribution in [2.24, 2.45) is 0 Å². The van der Waals surface area contributed by atoms with Crippen LogP contribution in [0.15, 0.2) is 60.9 Å². The van der Waals surface area contributed by atoms with E-state index in [0.29, 0.717) is 22.9 Å². The number of nitrogens with one attached hydrogen (secondary N) is 3. The molecule has 33 heavy (non-hydrogen) atoms. The number of urea groups is 1. The van der Waals surface area contributed by atoms with Gasteiger partial charge in [-0.15, -0.1) is 0 Å². The second-order valence-electron chi connectivity index (χ2n) is 7.69. The zero-order valence-electron chi connectivity index (χ0n) is 18.1. The number of aromatic nitrogens is 2. The molecule has 0 radical (unpaired) electrons. The molecule has 2 amide bonds. The highest BCUT2D eigenvalue weighted by Crippen LogP contribution is 2.13. The van der Waals surface area contributed by atoms with Crippen LogP contribution in [0.3, 0.4) is 0 Å². The lowest BCUT2D eigenvalue weighted by molar-refractivity contribution is 0.262. The smallest absolute Gasteiger partial charge is 0.323 e. The van der Waals surface area contributed by atoms with Crippen molar-refractivity contribution in [2.75, 3.05) is 42.1 Å². The second-order valence-corrected chi connectivity index (χ2v) is 7.69. The molecule has 3 N–H and O–H groups in total. The Labute approximate surface area is 192 Å². The molecule has 2 heterocycles. The van der Waals surface area contributed by atoms with Crippen molar-refractivity contribution in [3.8, 4) is 11.8 Å². The molecule has 4 rings (SSSR count). The van der Waals surface area contributed by atoms with Crippen LogP contribution < -0.4 is 16.0 Å². The Morgan fingerprint density at radius 2 is 1.61 bits per heavy atom. The van der Waals surface area contributed by atoms with E-state index < -0.39 is 11.8 Å². The molecule has 3 aromatic rings. The number of halogens is 1. The topological polar surface area (TPSA) is 82.2 Å². The van der Waals surface area contributed by atoms with E-state index in [1.165, 1.54) is 44.1 Å². The monoisotopic (exact) mass is 444 g/mol. The lowest BCUT2D eigenvalue weighted by atomic mass is 10.2. The van der Waals surface area contributed by atoms with Gasteiger partial charge < -0.3 is 20.9 Å². The maximum absolute atomic E-state index is 13.3. The molecule has 168 valence electrons. The Kier molecular flexibility index (Phi) is 7.46. The number of carbonyl (C=O) groups excluding carboxylic acids is 1. The van der Waals surface area contributed by atoms with Gasteiger partial charge in [-0.3, -0.25) is 0 Å². The molecule has 1 aromatic heterocycles. The minimum absolute atomic E-state index is 0.373. The number of anilines is 3. The van der Waals surface area contributed by atoms with Gasteiger partial charge in [0, 0.05) is 42.4 Å². The van der Waals surface area contributed by atoms with Crippen LogP contribution in [0.25, 0.3) is 0 Å². The highest BCUT2D eigenvalue weighted by atomic mass is 19.1. The number of carbonyl (C=O) groups is 1. The molecule has 0 spiro atoms. The van der Waals surface area contributed by atoms with E-state index in [0.717, 1.165) is 18.7 Å². The summed E-state index contributed by atoms with van der Waals surface area (Å²) in [6.07, 6.45) is 5.94. The number of rotatable bonds is 6. The van der Waals surface area contributed by atoms with Gasteiger partial charge in [-0.1, -0.05) is 24.0 Å². The summed E-state index contributed by atoms with van der Waals surface area (Å²) in [6, 6.07) is 12.4. The van der Waals surface area contributed by atoms with Gasteiger partial charge in [0.15, 0.2) is 0 Å². The maximum Gasteiger partial charge on any atom is 0.323 e. The molecule has 1 fully saturated rings. The standard InChI is InChI=1S/C25H25FN6O/c26-21-6-4-8-23(16-21)31-25(33)30-22-7-3-5-19(15-22)9-10-20-17-28-24(29-18-20)27-11-14-32-12-1-2-13-32/h3-8,15-18H,1-2,11-14H2,(H,27,28,29)(H2,30,31,33). The van der Waals surface area contributed by atoms with Gasteiger partial charge in [-0.25, -0.2) is 19.2 Å². The lowest BCUT2D eigenvalue weighted by Crippen LogP contribution is -2.26. The molecule has 0 aliphatic carbocycles. The Bertz CT molecular complexity index is 1150. The van der Waals surface area contributed by atoms with Gasteiger partial charge in [0.25, 0.3) is 0 Å². The van der Waals surface area contributed by atoms with Crippen molar-refractivity contribution < 1.29 is 9.18 Å². The summed E-state index contributed by atoms with van der Waals surface area (Å²) in [6.45, 7) is 4.16. The molecule has 1 aliphatic heterocycles. The van der Waals surface area contributed by atoms with Gasteiger partial charge in [0.1, 0.15) is 5.82 Å². The van der Waals surface area contributed by atoms with Gasteiger partial charge in [0.2, 0.25) is 5.95 Å². The van der Waals surface area contributed by atoms with Crippen LogP contribution in [0, 0.1) is 17.7 Å². The maximum atomic E-state index is 13.3. The first kappa shape index (κ1) is 22.2. The predicted octanol–water partition coefficient (Wildman–Crippen LogP) is 4.17. The van der Waals surface area contributed by atoms with Crippen LogP contribution in [-0.4, -0.2) is 47.1 Å². The fourth-order valence-corrected chi connectivity index (χ4v) is 3.49. The Morgan fingerprint density at radius 1 is 0.939 bits per heavy atom. The molecule has 0 unspecified atom stereocenters. The summed E-state index contributed by atoms with van der Waals surface area (Å²) < 4.78 is 13.3. The van der Waals surface area contributed by atoms with Crippen molar-refractivity contribution in [1.29, 1.82) is 0 Å². The van der Waals surface area contributed by atoms with Crippen LogP contribution in [0.2, 0.25) is 0 Å². The van der Waals surface area contributed by atoms with Gasteiger partial charge in [-0.05, 0) is 62.3 Å². The number of amides is 2. The third-order valence-electron chi connectivity index (χ3n) is 5.12. The highest BCUT2D eigenvalue weighted by Gasteiger charge is 2.10. The SMILES string of the molecule is O=C(Nc1cccc(F)c1)Nc1cccc(C#Cc2cnc(NCCN3CCCC3)nc2)c1. The number of nitrogens with zero attached hydrogens (tertiary/aromatic N) is 3. The molecule has 0 atom stereocenters. The number of benzene rings is 2. The van der Waals surface area contributed by atoms with Crippen molar-refractivity contribution >= 4 is 23.4 Å². The third kappa shape index (κ3) is 7.02. The molecule has 7 nitrogen and oxygen atoms in total. The Morgan fingerprint density at radius 3 is 2.33 bits per heavy atom. The van der Waals surface area contributed by atoms with Crippen LogP contribution in [0.1, 0.15) is 24.0 Å². The molecule has 2 aromatic carbocycles. The first-order chi connectivity index (χ1) is 16.1.